The number of hydrogen-bond donors (Lipinski definition) is 2. The molecule has 13 heavy (non-hydrogen) atoms. The summed E-state index contributed by atoms with van der Waals surface area (Å²) in [5.74, 6) is -0.121. The first-order valence-electron chi connectivity index (χ1n) is 4.52. The van der Waals surface area contributed by atoms with Crippen molar-refractivity contribution in [3.8, 4) is 0 Å². The van der Waals surface area contributed by atoms with Crippen molar-refractivity contribution >= 4 is 5.69 Å². The first-order chi connectivity index (χ1) is 6.33. The van der Waals surface area contributed by atoms with Crippen molar-refractivity contribution < 1.29 is 4.39 Å². The molecule has 70 valence electrons. The van der Waals surface area contributed by atoms with Crippen LogP contribution < -0.4 is 10.6 Å². The molecule has 1 aliphatic heterocycles. The summed E-state index contributed by atoms with van der Waals surface area (Å²) in [4.78, 5) is 0. The molecule has 1 atom stereocenters. The summed E-state index contributed by atoms with van der Waals surface area (Å²) in [6, 6.07) is 5.31. The molecule has 0 bridgehead atoms. The van der Waals surface area contributed by atoms with E-state index in [1.54, 1.807) is 6.07 Å². The summed E-state index contributed by atoms with van der Waals surface area (Å²) < 4.78 is 13.4. The fourth-order valence-electron chi connectivity index (χ4n) is 1.83. The van der Waals surface area contributed by atoms with Crippen LogP contribution in [0.3, 0.4) is 0 Å². The lowest BCUT2D eigenvalue weighted by atomic mass is 9.97. The SMILES string of the molecule is CNC1CCNc2cccc(F)c21. The predicted molar refractivity (Wildman–Crippen MR) is 51.3 cm³/mol. The van der Waals surface area contributed by atoms with E-state index in [4.69, 9.17) is 0 Å². The predicted octanol–water partition coefficient (Wildman–Crippen LogP) is 1.90. The van der Waals surface area contributed by atoms with Gasteiger partial charge in [-0.25, -0.2) is 4.39 Å². The van der Waals surface area contributed by atoms with E-state index >= 15 is 0 Å². The van der Waals surface area contributed by atoms with Crippen LogP contribution in [0.1, 0.15) is 18.0 Å². The minimum Gasteiger partial charge on any atom is -0.385 e. The minimum atomic E-state index is -0.121. The maximum atomic E-state index is 13.4. The first-order valence-corrected chi connectivity index (χ1v) is 4.52. The third-order valence-electron chi connectivity index (χ3n) is 2.50. The van der Waals surface area contributed by atoms with Gasteiger partial charge in [0.15, 0.2) is 0 Å². The normalized spacial score (nSPS) is 20.6. The van der Waals surface area contributed by atoms with Crippen molar-refractivity contribution in [1.29, 1.82) is 0 Å². The van der Waals surface area contributed by atoms with Gasteiger partial charge in [-0.15, -0.1) is 0 Å². The first kappa shape index (κ1) is 8.51. The molecule has 1 unspecified atom stereocenters. The molecule has 2 nitrogen and oxygen atoms in total. The van der Waals surface area contributed by atoms with Crippen LogP contribution >= 0.6 is 0 Å². The third kappa shape index (κ3) is 1.40. The molecule has 0 fully saturated rings. The summed E-state index contributed by atoms with van der Waals surface area (Å²) >= 11 is 0. The van der Waals surface area contributed by atoms with Crippen molar-refractivity contribution in [3.63, 3.8) is 0 Å². The van der Waals surface area contributed by atoms with Gasteiger partial charge in [-0.3, -0.25) is 0 Å². The van der Waals surface area contributed by atoms with Gasteiger partial charge in [0.05, 0.1) is 0 Å². The molecule has 0 amide bonds. The molecule has 1 aliphatic rings. The van der Waals surface area contributed by atoms with Crippen molar-refractivity contribution in [3.05, 3.63) is 29.6 Å². The van der Waals surface area contributed by atoms with Crippen molar-refractivity contribution in [2.75, 3.05) is 18.9 Å². The fourth-order valence-corrected chi connectivity index (χ4v) is 1.83. The quantitative estimate of drug-likeness (QED) is 0.689. The Kier molecular flexibility index (Phi) is 2.19. The van der Waals surface area contributed by atoms with E-state index in [2.05, 4.69) is 10.6 Å². The summed E-state index contributed by atoms with van der Waals surface area (Å²) in [7, 11) is 1.87. The van der Waals surface area contributed by atoms with Crippen LogP contribution in [0.25, 0.3) is 0 Å². The molecular formula is C10H13FN2. The number of halogens is 1. The second kappa shape index (κ2) is 3.34. The molecular weight excluding hydrogens is 167 g/mol. The van der Waals surface area contributed by atoms with Crippen LogP contribution in [0, 0.1) is 5.82 Å². The van der Waals surface area contributed by atoms with E-state index in [-0.39, 0.29) is 11.9 Å². The molecule has 0 saturated heterocycles. The van der Waals surface area contributed by atoms with Gasteiger partial charge in [0, 0.05) is 23.8 Å². The second-order valence-electron chi connectivity index (χ2n) is 3.26. The van der Waals surface area contributed by atoms with Gasteiger partial charge in [-0.2, -0.15) is 0 Å². The zero-order valence-electron chi connectivity index (χ0n) is 7.60. The van der Waals surface area contributed by atoms with Gasteiger partial charge in [0.2, 0.25) is 0 Å². The van der Waals surface area contributed by atoms with Crippen LogP contribution in [0.5, 0.6) is 0 Å². The molecule has 1 heterocycles. The second-order valence-corrected chi connectivity index (χ2v) is 3.26. The Balaban J connectivity index is 2.47. The average Bonchev–Trinajstić information content (AvgIpc) is 2.17. The lowest BCUT2D eigenvalue weighted by Gasteiger charge is -2.26. The highest BCUT2D eigenvalue weighted by Gasteiger charge is 2.21. The largest absolute Gasteiger partial charge is 0.385 e. The summed E-state index contributed by atoms with van der Waals surface area (Å²) in [5, 5.41) is 6.31. The summed E-state index contributed by atoms with van der Waals surface area (Å²) in [6.07, 6.45) is 0.935. The van der Waals surface area contributed by atoms with Crippen LogP contribution in [0.15, 0.2) is 18.2 Å². The third-order valence-corrected chi connectivity index (χ3v) is 2.50. The van der Waals surface area contributed by atoms with E-state index < -0.39 is 0 Å². The van der Waals surface area contributed by atoms with E-state index in [9.17, 15) is 4.39 Å². The average molecular weight is 180 g/mol. The fraction of sp³-hybridized carbons (Fsp3) is 0.400. The smallest absolute Gasteiger partial charge is 0.130 e. The molecule has 0 aliphatic carbocycles. The van der Waals surface area contributed by atoms with Crippen molar-refractivity contribution in [2.45, 2.75) is 12.5 Å². The molecule has 1 aromatic rings. The number of nitrogens with one attached hydrogen (secondary N) is 2. The molecule has 0 radical (unpaired) electrons. The van der Waals surface area contributed by atoms with Gasteiger partial charge in [0.1, 0.15) is 5.82 Å². The van der Waals surface area contributed by atoms with Crippen molar-refractivity contribution in [1.82, 2.24) is 5.32 Å². The molecule has 3 heteroatoms. The number of fused-ring (bicyclic) bond motifs is 1. The Hall–Kier alpha value is -1.09. The zero-order valence-corrected chi connectivity index (χ0v) is 7.60. The highest BCUT2D eigenvalue weighted by atomic mass is 19.1. The minimum absolute atomic E-state index is 0.121. The molecule has 2 rings (SSSR count). The van der Waals surface area contributed by atoms with Gasteiger partial charge in [-0.1, -0.05) is 6.07 Å². The Bertz CT molecular complexity index is 312. The van der Waals surface area contributed by atoms with Gasteiger partial charge >= 0.3 is 0 Å². The Morgan fingerprint density at radius 2 is 2.38 bits per heavy atom. The lowest BCUT2D eigenvalue weighted by Crippen LogP contribution is -2.26. The number of hydrogen-bond acceptors (Lipinski definition) is 2. The molecule has 1 aromatic carbocycles. The van der Waals surface area contributed by atoms with E-state index in [0.717, 1.165) is 24.2 Å². The number of benzene rings is 1. The zero-order chi connectivity index (χ0) is 9.26. The number of anilines is 1. The Labute approximate surface area is 77.2 Å². The van der Waals surface area contributed by atoms with Gasteiger partial charge in [-0.05, 0) is 25.6 Å². The Morgan fingerprint density at radius 3 is 3.15 bits per heavy atom. The van der Waals surface area contributed by atoms with E-state index in [1.165, 1.54) is 6.07 Å². The molecule has 0 spiro atoms. The van der Waals surface area contributed by atoms with E-state index in [0.29, 0.717) is 0 Å². The van der Waals surface area contributed by atoms with Crippen LogP contribution in [-0.2, 0) is 0 Å². The highest BCUT2D eigenvalue weighted by molar-refractivity contribution is 5.55. The number of rotatable bonds is 1. The topological polar surface area (TPSA) is 24.1 Å². The van der Waals surface area contributed by atoms with Crippen molar-refractivity contribution in [2.24, 2.45) is 0 Å². The van der Waals surface area contributed by atoms with E-state index in [1.807, 2.05) is 13.1 Å². The van der Waals surface area contributed by atoms with Crippen LogP contribution in [0.2, 0.25) is 0 Å². The maximum Gasteiger partial charge on any atom is 0.130 e. The monoisotopic (exact) mass is 180 g/mol. The van der Waals surface area contributed by atoms with Gasteiger partial charge in [0.25, 0.3) is 0 Å². The summed E-state index contributed by atoms with van der Waals surface area (Å²) in [6.45, 7) is 0.905. The molecule has 2 N–H and O–H groups in total. The summed E-state index contributed by atoms with van der Waals surface area (Å²) in [5.41, 5.74) is 1.70. The molecule has 0 aromatic heterocycles. The van der Waals surface area contributed by atoms with Gasteiger partial charge < -0.3 is 10.6 Å². The maximum absolute atomic E-state index is 13.4. The van der Waals surface area contributed by atoms with Crippen LogP contribution in [-0.4, -0.2) is 13.6 Å². The lowest BCUT2D eigenvalue weighted by molar-refractivity contribution is 0.508. The highest BCUT2D eigenvalue weighted by Crippen LogP contribution is 2.31. The Morgan fingerprint density at radius 1 is 1.54 bits per heavy atom. The standard InChI is InChI=1S/C10H13FN2/c1-12-8-5-6-13-9-4-2-3-7(11)10(8)9/h2-4,8,12-13H,5-6H2,1H3. The molecule has 0 saturated carbocycles. The van der Waals surface area contributed by atoms with Crippen LogP contribution in [0.4, 0.5) is 10.1 Å².